The van der Waals surface area contributed by atoms with Crippen LogP contribution in [-0.4, -0.2) is 19.4 Å². The zero-order valence-corrected chi connectivity index (χ0v) is 10.5. The van der Waals surface area contributed by atoms with Gasteiger partial charge in [-0.25, -0.2) is 15.0 Å². The van der Waals surface area contributed by atoms with Crippen molar-refractivity contribution in [1.29, 1.82) is 0 Å². The molecule has 0 spiro atoms. The molecule has 3 rings (SSSR count). The van der Waals surface area contributed by atoms with Crippen LogP contribution >= 0.6 is 11.6 Å². The number of nitrogens with zero attached hydrogens (tertiary/aromatic N) is 4. The number of alkyl halides is 3. The summed E-state index contributed by atoms with van der Waals surface area (Å²) in [5.41, 5.74) is 0.0612. The van der Waals surface area contributed by atoms with Gasteiger partial charge in [-0.2, -0.15) is 13.2 Å². The number of rotatable bonds is 1. The van der Waals surface area contributed by atoms with Crippen molar-refractivity contribution in [2.75, 3.05) is 0 Å². The largest absolute Gasteiger partial charge is 0.433 e. The van der Waals surface area contributed by atoms with E-state index >= 15 is 0 Å². The molecule has 0 unspecified atom stereocenters. The van der Waals surface area contributed by atoms with E-state index in [1.807, 2.05) is 0 Å². The van der Waals surface area contributed by atoms with E-state index in [0.717, 1.165) is 6.07 Å². The molecule has 102 valence electrons. The fourth-order valence-corrected chi connectivity index (χ4v) is 2.03. The third-order valence-electron chi connectivity index (χ3n) is 2.68. The number of fused-ring (bicyclic) bond motifs is 1. The summed E-state index contributed by atoms with van der Waals surface area (Å²) in [6.07, 6.45) is -1.40. The highest BCUT2D eigenvalue weighted by molar-refractivity contribution is 6.28. The lowest BCUT2D eigenvalue weighted by molar-refractivity contribution is -0.141. The van der Waals surface area contributed by atoms with Gasteiger partial charge in [0, 0.05) is 12.4 Å². The zero-order chi connectivity index (χ0) is 14.3. The maximum absolute atomic E-state index is 12.7. The summed E-state index contributed by atoms with van der Waals surface area (Å²) in [4.78, 5) is 11.1. The molecule has 0 saturated carbocycles. The smallest absolute Gasteiger partial charge is 0.298 e. The van der Waals surface area contributed by atoms with Crippen molar-refractivity contribution in [3.8, 4) is 11.4 Å². The minimum atomic E-state index is -4.58. The summed E-state index contributed by atoms with van der Waals surface area (Å²) in [6, 6.07) is 5.91. The molecule has 0 atom stereocenters. The monoisotopic (exact) mass is 298 g/mol. The maximum atomic E-state index is 12.7. The molecule has 3 aromatic heterocycles. The van der Waals surface area contributed by atoms with Crippen molar-refractivity contribution in [3.05, 3.63) is 47.6 Å². The van der Waals surface area contributed by atoms with Gasteiger partial charge < -0.3 is 0 Å². The van der Waals surface area contributed by atoms with Gasteiger partial charge in [-0.1, -0.05) is 6.07 Å². The third-order valence-corrected chi connectivity index (χ3v) is 2.85. The van der Waals surface area contributed by atoms with Crippen LogP contribution in [0, 0.1) is 0 Å². The van der Waals surface area contributed by atoms with Gasteiger partial charge in [-0.3, -0.25) is 4.40 Å². The first-order valence-electron chi connectivity index (χ1n) is 5.49. The number of hydrogen-bond acceptors (Lipinski definition) is 3. The summed E-state index contributed by atoms with van der Waals surface area (Å²) in [5.74, 6) is 0. The van der Waals surface area contributed by atoms with E-state index in [-0.39, 0.29) is 5.69 Å². The predicted molar refractivity (Wildman–Crippen MR) is 66.2 cm³/mol. The van der Waals surface area contributed by atoms with Gasteiger partial charge >= 0.3 is 6.18 Å². The van der Waals surface area contributed by atoms with Crippen LogP contribution in [0.4, 0.5) is 13.2 Å². The van der Waals surface area contributed by atoms with Gasteiger partial charge in [-0.05, 0) is 29.8 Å². The third kappa shape index (κ3) is 2.20. The van der Waals surface area contributed by atoms with E-state index in [0.29, 0.717) is 11.3 Å². The highest BCUT2D eigenvalue weighted by Gasteiger charge is 2.33. The Balaban J connectivity index is 2.24. The van der Waals surface area contributed by atoms with Gasteiger partial charge in [0.15, 0.2) is 0 Å². The summed E-state index contributed by atoms with van der Waals surface area (Å²) in [6.45, 7) is 0. The van der Waals surface area contributed by atoms with Crippen molar-refractivity contribution in [2.45, 2.75) is 6.18 Å². The highest BCUT2D eigenvalue weighted by Crippen LogP contribution is 2.31. The van der Waals surface area contributed by atoms with Crippen LogP contribution in [-0.2, 0) is 6.18 Å². The standard InChI is InChI=1S/C12H6ClF3N4/c13-11-18-7(6-9(19-11)12(14,15)16)8-2-1-3-10-17-4-5-20(8)10/h1-6H. The topological polar surface area (TPSA) is 43.1 Å². The lowest BCUT2D eigenvalue weighted by atomic mass is 10.2. The van der Waals surface area contributed by atoms with E-state index < -0.39 is 17.2 Å². The van der Waals surface area contributed by atoms with E-state index in [9.17, 15) is 13.2 Å². The minimum Gasteiger partial charge on any atom is -0.298 e. The van der Waals surface area contributed by atoms with Crippen LogP contribution in [0.1, 0.15) is 5.69 Å². The molecule has 0 aliphatic carbocycles. The van der Waals surface area contributed by atoms with E-state index in [1.165, 1.54) is 0 Å². The molecule has 0 bridgehead atoms. The lowest BCUT2D eigenvalue weighted by Gasteiger charge is -2.09. The average Bonchev–Trinajstić information content (AvgIpc) is 2.84. The second-order valence-electron chi connectivity index (χ2n) is 3.97. The normalized spacial score (nSPS) is 12.0. The Bertz CT molecular complexity index is 782. The zero-order valence-electron chi connectivity index (χ0n) is 9.76. The van der Waals surface area contributed by atoms with Crippen molar-refractivity contribution in [3.63, 3.8) is 0 Å². The van der Waals surface area contributed by atoms with Gasteiger partial charge in [0.1, 0.15) is 11.3 Å². The summed E-state index contributed by atoms with van der Waals surface area (Å²) >= 11 is 5.58. The lowest BCUT2D eigenvalue weighted by Crippen LogP contribution is -2.09. The van der Waals surface area contributed by atoms with E-state index in [2.05, 4.69) is 15.0 Å². The molecule has 20 heavy (non-hydrogen) atoms. The Morgan fingerprint density at radius 2 is 1.95 bits per heavy atom. The van der Waals surface area contributed by atoms with Gasteiger partial charge in [0.2, 0.25) is 5.28 Å². The van der Waals surface area contributed by atoms with Crippen LogP contribution in [0.5, 0.6) is 0 Å². The molecule has 0 aliphatic heterocycles. The molecule has 0 fully saturated rings. The molecule has 0 radical (unpaired) electrons. The van der Waals surface area contributed by atoms with Crippen molar-refractivity contribution < 1.29 is 13.2 Å². The highest BCUT2D eigenvalue weighted by atomic mass is 35.5. The van der Waals surface area contributed by atoms with Crippen LogP contribution in [0.15, 0.2) is 36.7 Å². The first kappa shape index (κ1) is 12.9. The molecule has 0 aromatic carbocycles. The molecular weight excluding hydrogens is 293 g/mol. The van der Waals surface area contributed by atoms with E-state index in [1.54, 1.807) is 35.0 Å². The van der Waals surface area contributed by atoms with Crippen LogP contribution < -0.4 is 0 Å². The molecule has 0 saturated heterocycles. The van der Waals surface area contributed by atoms with Crippen LogP contribution in [0.3, 0.4) is 0 Å². The number of halogens is 4. The Morgan fingerprint density at radius 3 is 2.70 bits per heavy atom. The van der Waals surface area contributed by atoms with Crippen molar-refractivity contribution in [2.24, 2.45) is 0 Å². The number of imidazole rings is 1. The summed E-state index contributed by atoms with van der Waals surface area (Å²) < 4.78 is 39.9. The Kier molecular flexibility index (Phi) is 2.86. The molecule has 3 aromatic rings. The first-order valence-corrected chi connectivity index (χ1v) is 5.87. The fraction of sp³-hybridized carbons (Fsp3) is 0.0833. The van der Waals surface area contributed by atoms with Gasteiger partial charge in [0.05, 0.1) is 11.4 Å². The second kappa shape index (κ2) is 4.45. The number of hydrogen-bond donors (Lipinski definition) is 0. The maximum Gasteiger partial charge on any atom is 0.433 e. The second-order valence-corrected chi connectivity index (χ2v) is 4.31. The summed E-state index contributed by atoms with van der Waals surface area (Å²) in [5, 5.41) is -0.452. The quantitative estimate of drug-likeness (QED) is 0.646. The molecule has 3 heterocycles. The van der Waals surface area contributed by atoms with Crippen LogP contribution in [0.2, 0.25) is 5.28 Å². The predicted octanol–water partition coefficient (Wildman–Crippen LogP) is 3.46. The fourth-order valence-electron chi connectivity index (χ4n) is 1.85. The van der Waals surface area contributed by atoms with Crippen LogP contribution in [0.25, 0.3) is 17.0 Å². The van der Waals surface area contributed by atoms with Crippen molar-refractivity contribution in [1.82, 2.24) is 19.4 Å². The Hall–Kier alpha value is -2.15. The first-order chi connectivity index (χ1) is 9.45. The Morgan fingerprint density at radius 1 is 1.15 bits per heavy atom. The molecule has 4 nitrogen and oxygen atoms in total. The Labute approximate surface area is 115 Å². The average molecular weight is 299 g/mol. The van der Waals surface area contributed by atoms with E-state index in [4.69, 9.17) is 11.6 Å². The minimum absolute atomic E-state index is 0.0842. The SMILES string of the molecule is FC(F)(F)c1cc(-c2cccc3nccn23)nc(Cl)n1. The van der Waals surface area contributed by atoms with Gasteiger partial charge in [-0.15, -0.1) is 0 Å². The molecule has 0 N–H and O–H groups in total. The van der Waals surface area contributed by atoms with Crippen molar-refractivity contribution >= 4 is 17.2 Å². The molecule has 8 heteroatoms. The molecular formula is C12H6ClF3N4. The van der Waals surface area contributed by atoms with Gasteiger partial charge in [0.25, 0.3) is 0 Å². The molecule has 0 amide bonds. The number of pyridine rings is 1. The summed E-state index contributed by atoms with van der Waals surface area (Å²) in [7, 11) is 0. The number of aromatic nitrogens is 4. The molecule has 0 aliphatic rings.